The van der Waals surface area contributed by atoms with Gasteiger partial charge in [0.15, 0.2) is 0 Å². The van der Waals surface area contributed by atoms with E-state index in [1.807, 2.05) is 6.07 Å². The van der Waals surface area contributed by atoms with Crippen LogP contribution >= 0.6 is 0 Å². The molecule has 0 saturated carbocycles. The Balaban J connectivity index is 2.32. The largest absolute Gasteiger partial charge is 0.198 e. The van der Waals surface area contributed by atoms with Gasteiger partial charge >= 0.3 is 0 Å². The van der Waals surface area contributed by atoms with Crippen molar-refractivity contribution >= 4 is 0 Å². The highest BCUT2D eigenvalue weighted by atomic mass is 14.3. The van der Waals surface area contributed by atoms with Gasteiger partial charge in [-0.05, 0) is 24.8 Å². The Bertz CT molecular complexity index is 297. The summed E-state index contributed by atoms with van der Waals surface area (Å²) in [6.07, 6.45) is 5.44. The summed E-state index contributed by atoms with van der Waals surface area (Å²) in [6, 6.07) is 12.8. The van der Waals surface area contributed by atoms with E-state index in [4.69, 9.17) is 5.26 Å². The second-order valence-corrected chi connectivity index (χ2v) is 3.99. The lowest BCUT2D eigenvalue weighted by molar-refractivity contribution is 0.528. The molecular weight excluding hydrogens is 182 g/mol. The van der Waals surface area contributed by atoms with Gasteiger partial charge in [0.25, 0.3) is 0 Å². The van der Waals surface area contributed by atoms with E-state index in [9.17, 15) is 0 Å². The topological polar surface area (TPSA) is 23.8 Å². The quantitative estimate of drug-likeness (QED) is 0.683. The van der Waals surface area contributed by atoms with Gasteiger partial charge in [0, 0.05) is 5.92 Å². The minimum Gasteiger partial charge on any atom is -0.198 e. The summed E-state index contributed by atoms with van der Waals surface area (Å²) in [6.45, 7) is 2.17. The maximum atomic E-state index is 8.98. The van der Waals surface area contributed by atoms with Gasteiger partial charge < -0.3 is 0 Å². The van der Waals surface area contributed by atoms with Gasteiger partial charge in [-0.15, -0.1) is 0 Å². The number of unbranched alkanes of at least 4 members (excludes halogenated alkanes) is 1. The molecule has 0 spiro atoms. The van der Waals surface area contributed by atoms with Crippen LogP contribution in [0.5, 0.6) is 0 Å². The highest BCUT2D eigenvalue weighted by Gasteiger charge is 2.06. The number of rotatable bonds is 6. The van der Waals surface area contributed by atoms with Crippen LogP contribution in [-0.2, 0) is 6.42 Å². The van der Waals surface area contributed by atoms with Crippen LogP contribution in [0.3, 0.4) is 0 Å². The van der Waals surface area contributed by atoms with Gasteiger partial charge in [0.05, 0.1) is 6.07 Å². The molecule has 0 aliphatic carbocycles. The fourth-order valence-corrected chi connectivity index (χ4v) is 1.71. The SMILES string of the molecule is CCCCC(C#N)CCc1ccccc1. The summed E-state index contributed by atoms with van der Waals surface area (Å²) >= 11 is 0. The van der Waals surface area contributed by atoms with E-state index in [1.54, 1.807) is 0 Å². The second-order valence-electron chi connectivity index (χ2n) is 3.99. The Morgan fingerprint density at radius 2 is 1.93 bits per heavy atom. The molecule has 1 nitrogen and oxygen atoms in total. The Labute approximate surface area is 92.7 Å². The summed E-state index contributed by atoms with van der Waals surface area (Å²) < 4.78 is 0. The monoisotopic (exact) mass is 201 g/mol. The predicted octanol–water partition coefficient (Wildman–Crippen LogP) is 3.95. The third-order valence-corrected chi connectivity index (χ3v) is 2.71. The first-order valence-electron chi connectivity index (χ1n) is 5.80. The number of hydrogen-bond acceptors (Lipinski definition) is 1. The van der Waals surface area contributed by atoms with Crippen LogP contribution in [0.1, 0.15) is 38.2 Å². The summed E-state index contributed by atoms with van der Waals surface area (Å²) in [5.74, 6) is 0.241. The maximum Gasteiger partial charge on any atom is 0.0655 e. The Hall–Kier alpha value is -1.29. The zero-order valence-electron chi connectivity index (χ0n) is 9.45. The van der Waals surface area contributed by atoms with E-state index in [0.717, 1.165) is 19.3 Å². The Kier molecular flexibility index (Phi) is 5.55. The first kappa shape index (κ1) is 11.8. The molecule has 0 amide bonds. The van der Waals surface area contributed by atoms with E-state index < -0.39 is 0 Å². The smallest absolute Gasteiger partial charge is 0.0655 e. The standard InChI is InChI=1S/C14H19N/c1-2-3-7-14(12-15)11-10-13-8-5-4-6-9-13/h4-6,8-9,14H,2-3,7,10-11H2,1H3. The van der Waals surface area contributed by atoms with Crippen molar-refractivity contribution in [1.82, 2.24) is 0 Å². The molecule has 1 unspecified atom stereocenters. The van der Waals surface area contributed by atoms with Crippen molar-refractivity contribution in [2.75, 3.05) is 0 Å². The lowest BCUT2D eigenvalue weighted by atomic mass is 9.96. The molecule has 0 radical (unpaired) electrons. The molecule has 15 heavy (non-hydrogen) atoms. The van der Waals surface area contributed by atoms with Crippen LogP contribution in [0.25, 0.3) is 0 Å². The number of hydrogen-bond donors (Lipinski definition) is 0. The van der Waals surface area contributed by atoms with Crippen molar-refractivity contribution in [3.63, 3.8) is 0 Å². The normalized spacial score (nSPS) is 12.0. The average Bonchev–Trinajstić information content (AvgIpc) is 2.31. The van der Waals surface area contributed by atoms with Crippen LogP contribution in [0.15, 0.2) is 30.3 Å². The average molecular weight is 201 g/mol. The van der Waals surface area contributed by atoms with E-state index >= 15 is 0 Å². The summed E-state index contributed by atoms with van der Waals surface area (Å²) in [7, 11) is 0. The third-order valence-electron chi connectivity index (χ3n) is 2.71. The van der Waals surface area contributed by atoms with Crippen LogP contribution < -0.4 is 0 Å². The zero-order valence-corrected chi connectivity index (χ0v) is 9.45. The van der Waals surface area contributed by atoms with E-state index in [0.29, 0.717) is 0 Å². The molecule has 0 heterocycles. The molecule has 80 valence electrons. The lowest BCUT2D eigenvalue weighted by Crippen LogP contribution is -1.99. The molecule has 0 saturated heterocycles. The molecule has 0 N–H and O–H groups in total. The van der Waals surface area contributed by atoms with Crippen molar-refractivity contribution < 1.29 is 0 Å². The summed E-state index contributed by atoms with van der Waals surface area (Å²) in [5, 5.41) is 8.98. The molecule has 1 heteroatoms. The van der Waals surface area contributed by atoms with Crippen LogP contribution in [0, 0.1) is 17.2 Å². The zero-order chi connectivity index (χ0) is 10.9. The Morgan fingerprint density at radius 1 is 1.20 bits per heavy atom. The lowest BCUT2D eigenvalue weighted by Gasteiger charge is -2.07. The Morgan fingerprint density at radius 3 is 2.53 bits per heavy atom. The van der Waals surface area contributed by atoms with E-state index in [-0.39, 0.29) is 5.92 Å². The first-order valence-corrected chi connectivity index (χ1v) is 5.80. The van der Waals surface area contributed by atoms with Gasteiger partial charge in [0.2, 0.25) is 0 Å². The molecule has 0 aromatic heterocycles. The first-order chi connectivity index (χ1) is 7.36. The van der Waals surface area contributed by atoms with Crippen molar-refractivity contribution in [3.05, 3.63) is 35.9 Å². The minimum atomic E-state index is 0.241. The summed E-state index contributed by atoms with van der Waals surface area (Å²) in [5.41, 5.74) is 1.34. The highest BCUT2D eigenvalue weighted by Crippen LogP contribution is 2.15. The van der Waals surface area contributed by atoms with Gasteiger partial charge in [-0.25, -0.2) is 0 Å². The van der Waals surface area contributed by atoms with Crippen molar-refractivity contribution in [1.29, 1.82) is 5.26 Å². The van der Waals surface area contributed by atoms with Crippen molar-refractivity contribution in [2.45, 2.75) is 39.0 Å². The van der Waals surface area contributed by atoms with Crippen LogP contribution in [-0.4, -0.2) is 0 Å². The van der Waals surface area contributed by atoms with E-state index in [1.165, 1.54) is 18.4 Å². The maximum absolute atomic E-state index is 8.98. The third kappa shape index (κ3) is 4.65. The summed E-state index contributed by atoms with van der Waals surface area (Å²) in [4.78, 5) is 0. The molecule has 1 aromatic carbocycles. The number of nitrogens with zero attached hydrogens (tertiary/aromatic N) is 1. The van der Waals surface area contributed by atoms with Crippen molar-refractivity contribution in [2.24, 2.45) is 5.92 Å². The molecule has 1 rings (SSSR count). The fraction of sp³-hybridized carbons (Fsp3) is 0.500. The van der Waals surface area contributed by atoms with Gasteiger partial charge in [0.1, 0.15) is 0 Å². The van der Waals surface area contributed by atoms with E-state index in [2.05, 4.69) is 37.3 Å². The number of benzene rings is 1. The van der Waals surface area contributed by atoms with Gasteiger partial charge in [-0.1, -0.05) is 50.1 Å². The van der Waals surface area contributed by atoms with Gasteiger partial charge in [-0.2, -0.15) is 5.26 Å². The number of aryl methyl sites for hydroxylation is 1. The molecule has 0 aliphatic rings. The van der Waals surface area contributed by atoms with Gasteiger partial charge in [-0.3, -0.25) is 0 Å². The molecule has 0 bridgehead atoms. The fourth-order valence-electron chi connectivity index (χ4n) is 1.71. The number of nitriles is 1. The predicted molar refractivity (Wildman–Crippen MR) is 63.4 cm³/mol. The molecule has 0 fully saturated rings. The molecule has 1 aromatic rings. The highest BCUT2D eigenvalue weighted by molar-refractivity contribution is 5.14. The molecule has 0 aliphatic heterocycles. The van der Waals surface area contributed by atoms with Crippen LogP contribution in [0.2, 0.25) is 0 Å². The minimum absolute atomic E-state index is 0.241. The van der Waals surface area contributed by atoms with Crippen LogP contribution in [0.4, 0.5) is 0 Å². The molecule has 1 atom stereocenters. The van der Waals surface area contributed by atoms with Crippen molar-refractivity contribution in [3.8, 4) is 6.07 Å². The molecular formula is C14H19N. The second kappa shape index (κ2) is 7.06.